The van der Waals surface area contributed by atoms with Crippen LogP contribution in [0.15, 0.2) is 23.7 Å². The van der Waals surface area contributed by atoms with Crippen LogP contribution in [0.5, 0.6) is 0 Å². The van der Waals surface area contributed by atoms with E-state index in [1.54, 1.807) is 17.5 Å². The summed E-state index contributed by atoms with van der Waals surface area (Å²) in [5, 5.41) is 7.01. The first kappa shape index (κ1) is 13.6. The molecule has 0 fully saturated rings. The van der Waals surface area contributed by atoms with E-state index in [1.807, 2.05) is 11.6 Å². The molecule has 0 aromatic carbocycles. The first-order chi connectivity index (χ1) is 8.72. The van der Waals surface area contributed by atoms with Gasteiger partial charge in [-0.15, -0.1) is 11.3 Å². The fraction of sp³-hybridized carbons (Fsp3) is 0.462. The highest BCUT2D eigenvalue weighted by molar-refractivity contribution is 7.09. The zero-order valence-corrected chi connectivity index (χ0v) is 12.0. The van der Waals surface area contributed by atoms with Gasteiger partial charge in [0.2, 0.25) is 0 Å². The zero-order valence-electron chi connectivity index (χ0n) is 10.5. The number of thiophene rings is 1. The van der Waals surface area contributed by atoms with Gasteiger partial charge in [-0.25, -0.2) is 0 Å². The third-order valence-electron chi connectivity index (χ3n) is 3.00. The Kier molecular flexibility index (Phi) is 4.80. The number of nitrogens with two attached hydrogens (primary N) is 1. The number of rotatable bonds is 6. The number of hydrogen-bond acceptors (Lipinski definition) is 3. The lowest BCUT2D eigenvalue weighted by atomic mass is 10.1. The van der Waals surface area contributed by atoms with Gasteiger partial charge in [0.1, 0.15) is 0 Å². The highest BCUT2D eigenvalue weighted by Crippen LogP contribution is 2.25. The Hall–Kier alpha value is -0.840. The van der Waals surface area contributed by atoms with E-state index in [1.165, 1.54) is 4.88 Å². The Morgan fingerprint density at radius 2 is 2.39 bits per heavy atom. The number of hydrogen-bond donors (Lipinski definition) is 1. The second-order valence-electron chi connectivity index (χ2n) is 4.27. The van der Waals surface area contributed by atoms with Gasteiger partial charge in [0.25, 0.3) is 0 Å². The van der Waals surface area contributed by atoms with Crippen LogP contribution >= 0.6 is 22.9 Å². The average Bonchev–Trinajstić information content (AvgIpc) is 2.98. The molecule has 0 aliphatic heterocycles. The van der Waals surface area contributed by atoms with Gasteiger partial charge >= 0.3 is 0 Å². The van der Waals surface area contributed by atoms with E-state index in [0.717, 1.165) is 31.5 Å². The lowest BCUT2D eigenvalue weighted by Gasteiger charge is -2.13. The summed E-state index contributed by atoms with van der Waals surface area (Å²) in [6, 6.07) is 4.22. The topological polar surface area (TPSA) is 43.8 Å². The third kappa shape index (κ3) is 3.13. The van der Waals surface area contributed by atoms with E-state index in [0.29, 0.717) is 5.02 Å². The van der Waals surface area contributed by atoms with E-state index in [4.69, 9.17) is 17.3 Å². The van der Waals surface area contributed by atoms with Crippen molar-refractivity contribution < 1.29 is 0 Å². The smallest absolute Gasteiger partial charge is 0.0834 e. The highest BCUT2D eigenvalue weighted by atomic mass is 35.5. The fourth-order valence-corrected chi connectivity index (χ4v) is 3.11. The third-order valence-corrected chi connectivity index (χ3v) is 4.23. The predicted molar refractivity (Wildman–Crippen MR) is 77.1 cm³/mol. The van der Waals surface area contributed by atoms with Gasteiger partial charge < -0.3 is 5.73 Å². The molecule has 18 heavy (non-hydrogen) atoms. The molecule has 2 rings (SSSR count). The normalized spacial score (nSPS) is 12.8. The summed E-state index contributed by atoms with van der Waals surface area (Å²) in [6.45, 7) is 2.85. The van der Waals surface area contributed by atoms with Crippen molar-refractivity contribution in [1.29, 1.82) is 0 Å². The summed E-state index contributed by atoms with van der Waals surface area (Å²) in [5.41, 5.74) is 7.18. The van der Waals surface area contributed by atoms with Crippen molar-refractivity contribution in [3.8, 4) is 0 Å². The second-order valence-corrected chi connectivity index (χ2v) is 5.71. The molecule has 0 amide bonds. The number of nitrogens with zero attached hydrogens (tertiary/aromatic N) is 2. The number of halogens is 1. The van der Waals surface area contributed by atoms with Crippen LogP contribution in [0, 0.1) is 0 Å². The molecule has 2 heterocycles. The summed E-state index contributed by atoms with van der Waals surface area (Å²) in [5.74, 6) is 0. The molecule has 3 nitrogen and oxygen atoms in total. The molecular formula is C13H18ClN3S. The van der Waals surface area contributed by atoms with Gasteiger partial charge in [-0.1, -0.05) is 17.7 Å². The molecule has 0 aliphatic carbocycles. The molecule has 0 bridgehead atoms. The van der Waals surface area contributed by atoms with Gasteiger partial charge in [0.05, 0.1) is 16.9 Å². The summed E-state index contributed by atoms with van der Waals surface area (Å²) >= 11 is 7.93. The van der Waals surface area contributed by atoms with Crippen LogP contribution in [0.4, 0.5) is 0 Å². The van der Waals surface area contributed by atoms with Crippen molar-refractivity contribution in [2.24, 2.45) is 5.73 Å². The molecule has 0 saturated heterocycles. The minimum Gasteiger partial charge on any atom is -0.323 e. The molecule has 5 heteroatoms. The van der Waals surface area contributed by atoms with E-state index in [2.05, 4.69) is 22.6 Å². The Bertz CT molecular complexity index is 478. The van der Waals surface area contributed by atoms with Gasteiger partial charge in [-0.3, -0.25) is 4.68 Å². The Balaban J connectivity index is 1.91. The predicted octanol–water partition coefficient (Wildman–Crippen LogP) is 3.64. The lowest BCUT2D eigenvalue weighted by Crippen LogP contribution is -2.16. The number of aryl methyl sites for hydroxylation is 2. The van der Waals surface area contributed by atoms with Crippen LogP contribution in [0.2, 0.25) is 5.02 Å². The summed E-state index contributed by atoms with van der Waals surface area (Å²) in [7, 11) is 0. The number of aromatic nitrogens is 2. The van der Waals surface area contributed by atoms with Crippen LogP contribution in [-0.2, 0) is 13.0 Å². The van der Waals surface area contributed by atoms with Crippen molar-refractivity contribution in [2.75, 3.05) is 0 Å². The fourth-order valence-electron chi connectivity index (χ4n) is 2.08. The molecule has 2 N–H and O–H groups in total. The molecule has 1 atom stereocenters. The Labute approximate surface area is 117 Å². The standard InChI is InChI=1S/C13H18ClN3S/c1-2-17-13(11(14)9-16-17)12(15)7-3-5-10-6-4-8-18-10/h4,6,8-9,12H,2-3,5,7,15H2,1H3. The molecule has 2 aromatic rings. The van der Waals surface area contributed by atoms with Gasteiger partial charge in [-0.05, 0) is 37.6 Å². The summed E-state index contributed by atoms with van der Waals surface area (Å²) in [6.07, 6.45) is 4.78. The lowest BCUT2D eigenvalue weighted by molar-refractivity contribution is 0.534. The highest BCUT2D eigenvalue weighted by Gasteiger charge is 2.15. The van der Waals surface area contributed by atoms with Crippen LogP contribution in [0.25, 0.3) is 0 Å². The maximum Gasteiger partial charge on any atom is 0.0834 e. The largest absolute Gasteiger partial charge is 0.323 e. The Morgan fingerprint density at radius 1 is 1.56 bits per heavy atom. The quantitative estimate of drug-likeness (QED) is 0.879. The minimum atomic E-state index is -0.0279. The van der Waals surface area contributed by atoms with E-state index >= 15 is 0 Å². The van der Waals surface area contributed by atoms with Crippen LogP contribution in [0.3, 0.4) is 0 Å². The maximum atomic E-state index is 6.21. The molecular weight excluding hydrogens is 266 g/mol. The van der Waals surface area contributed by atoms with E-state index in [9.17, 15) is 0 Å². The monoisotopic (exact) mass is 283 g/mol. The van der Waals surface area contributed by atoms with Crippen molar-refractivity contribution in [1.82, 2.24) is 9.78 Å². The van der Waals surface area contributed by atoms with Crippen molar-refractivity contribution in [3.63, 3.8) is 0 Å². The van der Waals surface area contributed by atoms with Gasteiger partial charge in [0.15, 0.2) is 0 Å². The average molecular weight is 284 g/mol. The van der Waals surface area contributed by atoms with Crippen molar-refractivity contribution >= 4 is 22.9 Å². The molecule has 0 saturated carbocycles. The van der Waals surface area contributed by atoms with Crippen LogP contribution < -0.4 is 5.73 Å². The maximum absolute atomic E-state index is 6.21. The minimum absolute atomic E-state index is 0.0279. The van der Waals surface area contributed by atoms with Crippen LogP contribution in [0.1, 0.15) is 36.4 Å². The van der Waals surface area contributed by atoms with Crippen LogP contribution in [-0.4, -0.2) is 9.78 Å². The Morgan fingerprint density at radius 3 is 3.06 bits per heavy atom. The van der Waals surface area contributed by atoms with Crippen molar-refractivity contribution in [3.05, 3.63) is 39.3 Å². The first-order valence-electron chi connectivity index (χ1n) is 6.21. The summed E-state index contributed by atoms with van der Waals surface area (Å²) < 4.78 is 1.89. The van der Waals surface area contributed by atoms with Crippen molar-refractivity contribution in [2.45, 2.75) is 38.8 Å². The zero-order chi connectivity index (χ0) is 13.0. The SMILES string of the molecule is CCn1ncc(Cl)c1C(N)CCCc1cccs1. The molecule has 1 unspecified atom stereocenters. The second kappa shape index (κ2) is 6.36. The summed E-state index contributed by atoms with van der Waals surface area (Å²) in [4.78, 5) is 1.41. The van der Waals surface area contributed by atoms with Gasteiger partial charge in [-0.2, -0.15) is 5.10 Å². The van der Waals surface area contributed by atoms with E-state index in [-0.39, 0.29) is 6.04 Å². The van der Waals surface area contributed by atoms with Gasteiger partial charge in [0, 0.05) is 17.5 Å². The molecule has 0 aliphatic rings. The first-order valence-corrected chi connectivity index (χ1v) is 7.47. The molecule has 2 aromatic heterocycles. The van der Waals surface area contributed by atoms with E-state index < -0.39 is 0 Å². The molecule has 98 valence electrons. The molecule has 0 radical (unpaired) electrons. The molecule has 0 spiro atoms.